The Balaban J connectivity index is 1.71. The van der Waals surface area contributed by atoms with E-state index in [4.69, 9.17) is 11.5 Å². The third-order valence-electron chi connectivity index (χ3n) is 6.12. The van der Waals surface area contributed by atoms with Gasteiger partial charge in [0, 0.05) is 0 Å². The van der Waals surface area contributed by atoms with E-state index in [2.05, 4.69) is 0 Å². The minimum atomic E-state index is 0.147. The molecule has 2 aromatic rings. The van der Waals surface area contributed by atoms with E-state index in [9.17, 15) is 10.2 Å². The number of hydrogen-bond donors (Lipinski definition) is 4. The molecule has 2 bridgehead atoms. The van der Waals surface area contributed by atoms with Crippen molar-refractivity contribution >= 4 is 11.4 Å². The molecule has 2 fully saturated rings. The maximum absolute atomic E-state index is 9.68. The molecule has 120 valence electrons. The first-order valence-electron chi connectivity index (χ1n) is 8.12. The van der Waals surface area contributed by atoms with Gasteiger partial charge in [0.2, 0.25) is 0 Å². The lowest BCUT2D eigenvalue weighted by molar-refractivity contribution is 0.393. The Hall–Kier alpha value is -2.36. The lowest BCUT2D eigenvalue weighted by atomic mass is 9.76. The molecule has 23 heavy (non-hydrogen) atoms. The molecule has 2 aliphatic rings. The van der Waals surface area contributed by atoms with E-state index in [-0.39, 0.29) is 22.3 Å². The van der Waals surface area contributed by atoms with Crippen molar-refractivity contribution in [3.05, 3.63) is 47.5 Å². The Labute approximate surface area is 135 Å². The van der Waals surface area contributed by atoms with Gasteiger partial charge >= 0.3 is 0 Å². The quantitative estimate of drug-likeness (QED) is 0.505. The van der Waals surface area contributed by atoms with Crippen molar-refractivity contribution in [1.82, 2.24) is 0 Å². The molecule has 2 aromatic carbocycles. The number of rotatable bonds is 2. The van der Waals surface area contributed by atoms with E-state index in [0.717, 1.165) is 32.1 Å². The second kappa shape index (κ2) is 4.57. The highest BCUT2D eigenvalue weighted by Gasteiger charge is 2.55. The number of phenolic OH excluding ortho intramolecular Hbond substituents is 2. The topological polar surface area (TPSA) is 92.5 Å². The van der Waals surface area contributed by atoms with Gasteiger partial charge in [-0.1, -0.05) is 12.1 Å². The predicted molar refractivity (Wildman–Crippen MR) is 91.5 cm³/mol. The van der Waals surface area contributed by atoms with E-state index in [1.165, 1.54) is 11.1 Å². The summed E-state index contributed by atoms with van der Waals surface area (Å²) in [5.74, 6) is 0.303. The van der Waals surface area contributed by atoms with Crippen molar-refractivity contribution in [3.63, 3.8) is 0 Å². The van der Waals surface area contributed by atoms with E-state index in [1.54, 1.807) is 12.1 Å². The molecule has 0 aromatic heterocycles. The molecule has 2 saturated carbocycles. The molecule has 0 amide bonds. The van der Waals surface area contributed by atoms with Crippen LogP contribution in [0.4, 0.5) is 11.4 Å². The van der Waals surface area contributed by atoms with Crippen molar-refractivity contribution in [2.24, 2.45) is 0 Å². The van der Waals surface area contributed by atoms with Crippen LogP contribution in [0.25, 0.3) is 0 Å². The SMILES string of the molecule is Nc1cc(C23CCC(c4ccc(O)c(N)c4)(CC2)C3)ccc1O. The van der Waals surface area contributed by atoms with E-state index >= 15 is 0 Å². The molecule has 0 radical (unpaired) electrons. The Morgan fingerprint density at radius 1 is 0.696 bits per heavy atom. The van der Waals surface area contributed by atoms with Crippen LogP contribution in [0.3, 0.4) is 0 Å². The Morgan fingerprint density at radius 3 is 1.43 bits per heavy atom. The zero-order chi connectivity index (χ0) is 16.2. The molecular weight excluding hydrogens is 288 g/mol. The van der Waals surface area contributed by atoms with Crippen molar-refractivity contribution in [3.8, 4) is 11.5 Å². The molecule has 0 saturated heterocycles. The van der Waals surface area contributed by atoms with Gasteiger partial charge in [-0.3, -0.25) is 0 Å². The monoisotopic (exact) mass is 310 g/mol. The lowest BCUT2D eigenvalue weighted by Gasteiger charge is -2.29. The van der Waals surface area contributed by atoms with E-state index < -0.39 is 0 Å². The zero-order valence-corrected chi connectivity index (χ0v) is 13.0. The summed E-state index contributed by atoms with van der Waals surface area (Å²) in [6.45, 7) is 0. The standard InChI is InChI=1S/C19H22N2O2/c20-14-9-12(1-3-16(14)22)18-5-7-19(11-18,8-6-18)13-2-4-17(23)15(21)10-13/h1-4,9-10,22-23H,5-8,11,20-21H2. The molecule has 4 rings (SSSR count). The van der Waals surface area contributed by atoms with Crippen molar-refractivity contribution < 1.29 is 10.2 Å². The minimum absolute atomic E-state index is 0.147. The van der Waals surface area contributed by atoms with Crippen LogP contribution in [0, 0.1) is 0 Å². The van der Waals surface area contributed by atoms with Gasteiger partial charge in [-0.05, 0) is 78.3 Å². The van der Waals surface area contributed by atoms with Crippen LogP contribution in [-0.2, 0) is 10.8 Å². The smallest absolute Gasteiger partial charge is 0.138 e. The summed E-state index contributed by atoms with van der Waals surface area (Å²) in [6, 6.07) is 11.3. The average Bonchev–Trinajstić information content (AvgIpc) is 3.11. The van der Waals surface area contributed by atoms with Crippen LogP contribution in [0.5, 0.6) is 11.5 Å². The number of nitrogens with two attached hydrogens (primary N) is 2. The number of anilines is 2. The molecular formula is C19H22N2O2. The van der Waals surface area contributed by atoms with Gasteiger partial charge in [0.1, 0.15) is 11.5 Å². The average molecular weight is 310 g/mol. The predicted octanol–water partition coefficient (Wildman–Crippen LogP) is 3.42. The van der Waals surface area contributed by atoms with Gasteiger partial charge in [0.15, 0.2) is 0 Å². The third-order valence-corrected chi connectivity index (χ3v) is 6.12. The second-order valence-corrected chi connectivity index (χ2v) is 7.28. The molecule has 4 nitrogen and oxygen atoms in total. The lowest BCUT2D eigenvalue weighted by Crippen LogP contribution is -2.20. The largest absolute Gasteiger partial charge is 0.506 e. The van der Waals surface area contributed by atoms with Crippen LogP contribution in [-0.4, -0.2) is 10.2 Å². The van der Waals surface area contributed by atoms with Crippen LogP contribution >= 0.6 is 0 Å². The fourth-order valence-corrected chi connectivity index (χ4v) is 4.76. The molecule has 0 unspecified atom stereocenters. The van der Waals surface area contributed by atoms with Crippen molar-refractivity contribution in [2.75, 3.05) is 11.5 Å². The highest BCUT2D eigenvalue weighted by molar-refractivity contribution is 5.57. The van der Waals surface area contributed by atoms with Crippen molar-refractivity contribution in [2.45, 2.75) is 42.9 Å². The Morgan fingerprint density at radius 2 is 1.09 bits per heavy atom. The maximum atomic E-state index is 9.68. The minimum Gasteiger partial charge on any atom is -0.506 e. The highest BCUT2D eigenvalue weighted by Crippen LogP contribution is 2.63. The Bertz CT molecular complexity index is 711. The van der Waals surface area contributed by atoms with Gasteiger partial charge < -0.3 is 21.7 Å². The molecule has 0 spiro atoms. The molecule has 4 heteroatoms. The summed E-state index contributed by atoms with van der Waals surface area (Å²) < 4.78 is 0. The zero-order valence-electron chi connectivity index (χ0n) is 13.0. The Kier molecular flexibility index (Phi) is 2.83. The molecule has 6 N–H and O–H groups in total. The number of phenols is 2. The van der Waals surface area contributed by atoms with Crippen molar-refractivity contribution in [1.29, 1.82) is 0 Å². The molecule has 0 heterocycles. The summed E-state index contributed by atoms with van der Waals surface area (Å²) in [7, 11) is 0. The molecule has 0 atom stereocenters. The number of nitrogen functional groups attached to an aromatic ring is 2. The molecule has 2 aliphatic carbocycles. The van der Waals surface area contributed by atoms with E-state index in [1.807, 2.05) is 24.3 Å². The molecule has 0 aliphatic heterocycles. The van der Waals surface area contributed by atoms with Crippen LogP contribution in [0.1, 0.15) is 43.2 Å². The van der Waals surface area contributed by atoms with Crippen LogP contribution in [0.15, 0.2) is 36.4 Å². The van der Waals surface area contributed by atoms with Gasteiger partial charge in [-0.25, -0.2) is 0 Å². The fraction of sp³-hybridized carbons (Fsp3) is 0.368. The first-order valence-corrected chi connectivity index (χ1v) is 8.12. The van der Waals surface area contributed by atoms with Crippen LogP contribution < -0.4 is 11.5 Å². The first kappa shape index (κ1) is 14.2. The maximum Gasteiger partial charge on any atom is 0.138 e. The van der Waals surface area contributed by atoms with Gasteiger partial charge in [-0.15, -0.1) is 0 Å². The third kappa shape index (κ3) is 1.97. The summed E-state index contributed by atoms with van der Waals surface area (Å²) in [5, 5.41) is 19.4. The van der Waals surface area contributed by atoms with Gasteiger partial charge in [-0.2, -0.15) is 0 Å². The van der Waals surface area contributed by atoms with E-state index in [0.29, 0.717) is 11.4 Å². The second-order valence-electron chi connectivity index (χ2n) is 7.28. The summed E-state index contributed by atoms with van der Waals surface area (Å²) in [4.78, 5) is 0. The van der Waals surface area contributed by atoms with Gasteiger partial charge in [0.05, 0.1) is 11.4 Å². The van der Waals surface area contributed by atoms with Crippen LogP contribution in [0.2, 0.25) is 0 Å². The van der Waals surface area contributed by atoms with Gasteiger partial charge in [0.25, 0.3) is 0 Å². The number of aromatic hydroxyl groups is 2. The number of benzene rings is 2. The number of hydrogen-bond acceptors (Lipinski definition) is 4. The summed E-state index contributed by atoms with van der Waals surface area (Å²) in [6.07, 6.45) is 5.57. The summed E-state index contributed by atoms with van der Waals surface area (Å²) in [5.41, 5.74) is 15.5. The normalized spacial score (nSPS) is 29.0. The fourth-order valence-electron chi connectivity index (χ4n) is 4.76. The highest BCUT2D eigenvalue weighted by atomic mass is 16.3. The number of fused-ring (bicyclic) bond motifs is 2. The summed E-state index contributed by atoms with van der Waals surface area (Å²) >= 11 is 0. The first-order chi connectivity index (χ1) is 10.9.